The predicted molar refractivity (Wildman–Crippen MR) is 96.5 cm³/mol. The summed E-state index contributed by atoms with van der Waals surface area (Å²) >= 11 is 6.28. The number of likely N-dealkylation sites (tertiary alicyclic amines) is 1. The number of amides is 1. The fourth-order valence-electron chi connectivity index (χ4n) is 4.28. The molecule has 0 bridgehead atoms. The lowest BCUT2D eigenvalue weighted by atomic mass is 9.71. The molecule has 1 aromatic heterocycles. The Labute approximate surface area is 146 Å². The van der Waals surface area contributed by atoms with E-state index in [1.165, 1.54) is 18.5 Å². The molecule has 0 saturated carbocycles. The zero-order valence-corrected chi connectivity index (χ0v) is 14.8. The van der Waals surface area contributed by atoms with Gasteiger partial charge < -0.3 is 9.80 Å². The number of hydrogen-bond acceptors (Lipinski definition) is 3. The summed E-state index contributed by atoms with van der Waals surface area (Å²) < 4.78 is 0. The molecule has 3 heterocycles. The minimum atomic E-state index is 0.212. The van der Waals surface area contributed by atoms with E-state index >= 15 is 0 Å². The van der Waals surface area contributed by atoms with Gasteiger partial charge in [-0.3, -0.25) is 9.89 Å². The van der Waals surface area contributed by atoms with Crippen LogP contribution in [-0.2, 0) is 4.79 Å². The van der Waals surface area contributed by atoms with Crippen LogP contribution >= 0.6 is 11.6 Å². The van der Waals surface area contributed by atoms with Gasteiger partial charge in [0.15, 0.2) is 0 Å². The van der Waals surface area contributed by atoms with Gasteiger partial charge in [-0.15, -0.1) is 0 Å². The summed E-state index contributed by atoms with van der Waals surface area (Å²) in [7, 11) is 0. The van der Waals surface area contributed by atoms with Gasteiger partial charge >= 0.3 is 0 Å². The first kappa shape index (κ1) is 15.8. The van der Waals surface area contributed by atoms with Crippen LogP contribution in [0.4, 0.5) is 5.69 Å². The van der Waals surface area contributed by atoms with Gasteiger partial charge in [0.2, 0.25) is 5.91 Å². The van der Waals surface area contributed by atoms with Gasteiger partial charge in [-0.05, 0) is 43.2 Å². The average molecular weight is 347 g/mol. The first-order valence-corrected chi connectivity index (χ1v) is 9.07. The molecule has 2 fully saturated rings. The van der Waals surface area contributed by atoms with Crippen LogP contribution < -0.4 is 4.90 Å². The molecule has 4 rings (SSSR count). The average Bonchev–Trinajstić information content (AvgIpc) is 3.03. The second-order valence-corrected chi connectivity index (χ2v) is 7.69. The minimum Gasteiger partial charge on any atom is -0.371 e. The van der Waals surface area contributed by atoms with Crippen molar-refractivity contribution >= 4 is 34.1 Å². The number of hydrogen-bond donors (Lipinski definition) is 1. The molecule has 1 aromatic carbocycles. The monoisotopic (exact) mass is 346 g/mol. The maximum atomic E-state index is 11.5. The van der Waals surface area contributed by atoms with Crippen molar-refractivity contribution in [2.24, 2.45) is 5.41 Å². The fourth-order valence-corrected chi connectivity index (χ4v) is 4.49. The predicted octanol–water partition coefficient (Wildman–Crippen LogP) is 3.45. The Kier molecular flexibility index (Phi) is 3.91. The number of carbonyl (C=O) groups excluding carboxylic acids is 1. The highest BCUT2D eigenvalue weighted by atomic mass is 35.5. The number of nitrogens with one attached hydrogen (secondary N) is 1. The Morgan fingerprint density at radius 1 is 1.17 bits per heavy atom. The van der Waals surface area contributed by atoms with Crippen LogP contribution in [0.25, 0.3) is 10.9 Å². The van der Waals surface area contributed by atoms with Crippen molar-refractivity contribution in [2.45, 2.75) is 32.6 Å². The Balaban J connectivity index is 1.48. The molecular formula is C18H23ClN4O. The molecule has 0 atom stereocenters. The quantitative estimate of drug-likeness (QED) is 0.860. The number of fused-ring (bicyclic) bond motifs is 1. The van der Waals surface area contributed by atoms with Crippen LogP contribution in [0.5, 0.6) is 0 Å². The second-order valence-electron chi connectivity index (χ2n) is 7.25. The van der Waals surface area contributed by atoms with Gasteiger partial charge in [0.05, 0.1) is 11.7 Å². The van der Waals surface area contributed by atoms with E-state index in [2.05, 4.69) is 21.2 Å². The maximum Gasteiger partial charge on any atom is 0.219 e. The smallest absolute Gasteiger partial charge is 0.219 e. The summed E-state index contributed by atoms with van der Waals surface area (Å²) in [6.45, 7) is 5.59. The van der Waals surface area contributed by atoms with Gasteiger partial charge in [0.1, 0.15) is 0 Å². The number of halogens is 1. The lowest BCUT2D eigenvalue weighted by Crippen LogP contribution is -2.47. The Bertz CT molecular complexity index is 753. The van der Waals surface area contributed by atoms with Crippen LogP contribution in [-0.4, -0.2) is 47.2 Å². The molecule has 24 heavy (non-hydrogen) atoms. The standard InChI is InChI=1S/C18H23ClN4O/c1-13(24)22-6-2-18(3-7-22)4-8-23(9-5-18)17-11-14(19)10-16-15(17)12-20-21-16/h10-12H,2-9H2,1H3,(H,20,21). The highest BCUT2D eigenvalue weighted by Gasteiger charge is 2.38. The highest BCUT2D eigenvalue weighted by molar-refractivity contribution is 6.31. The zero-order chi connectivity index (χ0) is 16.7. The van der Waals surface area contributed by atoms with Gasteiger partial charge in [-0.25, -0.2) is 0 Å². The Morgan fingerprint density at radius 2 is 1.83 bits per heavy atom. The van der Waals surface area contributed by atoms with Gasteiger partial charge in [-0.1, -0.05) is 11.6 Å². The molecule has 1 N–H and O–H groups in total. The number of H-pyrrole nitrogens is 1. The molecule has 2 aliphatic rings. The summed E-state index contributed by atoms with van der Waals surface area (Å²) in [6.07, 6.45) is 6.53. The van der Waals surface area contributed by atoms with E-state index in [4.69, 9.17) is 11.6 Å². The molecule has 5 nitrogen and oxygen atoms in total. The molecule has 2 aromatic rings. The SMILES string of the molecule is CC(=O)N1CCC2(CC1)CCN(c1cc(Cl)cc3[nH]ncc13)CC2. The summed E-state index contributed by atoms with van der Waals surface area (Å²) in [5.41, 5.74) is 2.59. The first-order chi connectivity index (χ1) is 11.6. The van der Waals surface area contributed by atoms with Crippen molar-refractivity contribution in [2.75, 3.05) is 31.1 Å². The van der Waals surface area contributed by atoms with Crippen molar-refractivity contribution in [3.63, 3.8) is 0 Å². The third-order valence-corrected chi connectivity index (χ3v) is 6.15. The summed E-state index contributed by atoms with van der Waals surface area (Å²) in [6, 6.07) is 3.98. The zero-order valence-electron chi connectivity index (χ0n) is 14.0. The maximum absolute atomic E-state index is 11.5. The fraction of sp³-hybridized carbons (Fsp3) is 0.556. The molecule has 2 saturated heterocycles. The van der Waals surface area contributed by atoms with Crippen LogP contribution in [0.3, 0.4) is 0 Å². The molecule has 128 valence electrons. The summed E-state index contributed by atoms with van der Waals surface area (Å²) in [5, 5.41) is 9.06. The Morgan fingerprint density at radius 3 is 2.50 bits per heavy atom. The highest BCUT2D eigenvalue weighted by Crippen LogP contribution is 2.43. The van der Waals surface area contributed by atoms with Crippen LogP contribution in [0.15, 0.2) is 18.3 Å². The summed E-state index contributed by atoms with van der Waals surface area (Å²) in [4.78, 5) is 16.0. The molecule has 1 amide bonds. The molecule has 2 aliphatic heterocycles. The normalized spacial score (nSPS) is 20.8. The van der Waals surface area contributed by atoms with E-state index in [1.54, 1.807) is 6.92 Å². The van der Waals surface area contributed by atoms with Crippen LogP contribution in [0.1, 0.15) is 32.6 Å². The van der Waals surface area contributed by atoms with Crippen LogP contribution in [0, 0.1) is 5.41 Å². The van der Waals surface area contributed by atoms with Crippen molar-refractivity contribution < 1.29 is 4.79 Å². The number of aromatic nitrogens is 2. The van der Waals surface area contributed by atoms with E-state index < -0.39 is 0 Å². The largest absolute Gasteiger partial charge is 0.371 e. The number of aromatic amines is 1. The number of rotatable bonds is 1. The number of piperidine rings is 2. The van der Waals surface area contributed by atoms with E-state index in [9.17, 15) is 4.79 Å². The molecule has 6 heteroatoms. The topological polar surface area (TPSA) is 52.2 Å². The van der Waals surface area contributed by atoms with E-state index in [0.29, 0.717) is 5.41 Å². The molecule has 0 aliphatic carbocycles. The first-order valence-electron chi connectivity index (χ1n) is 8.69. The molecule has 0 unspecified atom stereocenters. The van der Waals surface area contributed by atoms with E-state index in [1.807, 2.05) is 17.2 Å². The van der Waals surface area contributed by atoms with E-state index in [0.717, 1.165) is 54.9 Å². The Hall–Kier alpha value is -1.75. The number of anilines is 1. The van der Waals surface area contributed by atoms with Crippen molar-refractivity contribution in [3.8, 4) is 0 Å². The number of nitrogens with zero attached hydrogens (tertiary/aromatic N) is 3. The van der Waals surface area contributed by atoms with Crippen LogP contribution in [0.2, 0.25) is 5.02 Å². The molecule has 0 radical (unpaired) electrons. The molecular weight excluding hydrogens is 324 g/mol. The van der Waals surface area contributed by atoms with E-state index in [-0.39, 0.29) is 5.91 Å². The second kappa shape index (κ2) is 5.96. The van der Waals surface area contributed by atoms with Crippen molar-refractivity contribution in [3.05, 3.63) is 23.4 Å². The minimum absolute atomic E-state index is 0.212. The van der Waals surface area contributed by atoms with Gasteiger partial charge in [0, 0.05) is 49.2 Å². The summed E-state index contributed by atoms with van der Waals surface area (Å²) in [5.74, 6) is 0.212. The molecule has 1 spiro atoms. The van der Waals surface area contributed by atoms with Gasteiger partial charge in [-0.2, -0.15) is 5.10 Å². The lowest BCUT2D eigenvalue weighted by molar-refractivity contribution is -0.131. The number of benzene rings is 1. The third kappa shape index (κ3) is 2.75. The van der Waals surface area contributed by atoms with Crippen molar-refractivity contribution in [1.29, 1.82) is 0 Å². The van der Waals surface area contributed by atoms with Crippen molar-refractivity contribution in [1.82, 2.24) is 15.1 Å². The number of carbonyl (C=O) groups is 1. The van der Waals surface area contributed by atoms with Gasteiger partial charge in [0.25, 0.3) is 0 Å². The lowest BCUT2D eigenvalue weighted by Gasteiger charge is -2.47. The third-order valence-electron chi connectivity index (χ3n) is 5.94.